The Morgan fingerprint density at radius 3 is 2.87 bits per heavy atom. The van der Waals surface area contributed by atoms with Gasteiger partial charge < -0.3 is 5.32 Å². The molecule has 0 fully saturated rings. The minimum Gasteiger partial charge on any atom is -0.309 e. The maximum absolute atomic E-state index is 5.84. The summed E-state index contributed by atoms with van der Waals surface area (Å²) < 4.78 is 0. The Kier molecular flexibility index (Phi) is 5.43. The lowest BCUT2D eigenvalue weighted by Crippen LogP contribution is -2.25. The van der Waals surface area contributed by atoms with Crippen molar-refractivity contribution in [3.8, 4) is 0 Å². The Balaban J connectivity index is 2.50. The molecule has 0 aliphatic carbocycles. The number of hydrogen-bond donors (Lipinski definition) is 1. The minimum absolute atomic E-state index is 0.320. The molecule has 0 radical (unpaired) electrons. The zero-order chi connectivity index (χ0) is 11.3. The van der Waals surface area contributed by atoms with Crippen LogP contribution < -0.4 is 5.32 Å². The van der Waals surface area contributed by atoms with Crippen LogP contribution >= 0.6 is 23.4 Å². The molecule has 0 saturated carbocycles. The number of nitrogens with one attached hydrogen (secondary N) is 1. The van der Waals surface area contributed by atoms with Crippen LogP contribution in [0.3, 0.4) is 0 Å². The largest absolute Gasteiger partial charge is 0.309 e. The zero-order valence-corrected chi connectivity index (χ0v) is 10.9. The molecule has 1 N–H and O–H groups in total. The third-order valence-corrected chi connectivity index (χ3v) is 3.54. The second-order valence-electron chi connectivity index (χ2n) is 3.59. The predicted octanol–water partition coefficient (Wildman–Crippen LogP) is 3.14. The fourth-order valence-electron chi connectivity index (χ4n) is 1.23. The topological polar surface area (TPSA) is 24.9 Å². The number of nitrogens with zero attached hydrogens (tertiary/aromatic N) is 1. The summed E-state index contributed by atoms with van der Waals surface area (Å²) in [4.78, 5) is 3.97. The average Bonchev–Trinajstić information content (AvgIpc) is 2.25. The van der Waals surface area contributed by atoms with Crippen molar-refractivity contribution in [1.82, 2.24) is 10.3 Å². The van der Waals surface area contributed by atoms with E-state index < -0.39 is 0 Å². The van der Waals surface area contributed by atoms with Crippen LogP contribution in [-0.4, -0.2) is 23.0 Å². The number of rotatable bonds is 5. The smallest absolute Gasteiger partial charge is 0.129 e. The predicted molar refractivity (Wildman–Crippen MR) is 68.6 cm³/mol. The van der Waals surface area contributed by atoms with E-state index in [0.717, 1.165) is 6.54 Å². The maximum Gasteiger partial charge on any atom is 0.129 e. The number of thioether (sulfide) groups is 1. The molecule has 2 nitrogen and oxygen atoms in total. The lowest BCUT2D eigenvalue weighted by Gasteiger charge is -2.16. The van der Waals surface area contributed by atoms with Crippen LogP contribution in [0.25, 0.3) is 0 Å². The molecule has 0 spiro atoms. The quantitative estimate of drug-likeness (QED) is 0.806. The first-order chi connectivity index (χ1) is 7.13. The molecular formula is C11H17ClN2S. The molecule has 1 aromatic rings. The monoisotopic (exact) mass is 244 g/mol. The van der Waals surface area contributed by atoms with E-state index in [-0.39, 0.29) is 0 Å². The van der Waals surface area contributed by atoms with Crippen LogP contribution in [0.15, 0.2) is 18.3 Å². The molecule has 84 valence electrons. The molecule has 2 atom stereocenters. The highest BCUT2D eigenvalue weighted by atomic mass is 35.5. The Labute approximate surface area is 101 Å². The van der Waals surface area contributed by atoms with Crippen molar-refractivity contribution in [2.45, 2.75) is 25.1 Å². The third-order valence-electron chi connectivity index (χ3n) is 2.36. The summed E-state index contributed by atoms with van der Waals surface area (Å²) in [7, 11) is 0. The van der Waals surface area contributed by atoms with Crippen LogP contribution in [0.2, 0.25) is 5.15 Å². The summed E-state index contributed by atoms with van der Waals surface area (Å²) >= 11 is 7.70. The molecule has 0 aromatic carbocycles. The van der Waals surface area contributed by atoms with Crippen molar-refractivity contribution in [2.24, 2.45) is 0 Å². The normalized spacial score (nSPS) is 14.9. The molecule has 0 amide bonds. The van der Waals surface area contributed by atoms with Gasteiger partial charge in [-0.2, -0.15) is 11.8 Å². The summed E-state index contributed by atoms with van der Waals surface area (Å²) in [6, 6.07) is 4.22. The molecule has 0 bridgehead atoms. The summed E-state index contributed by atoms with van der Waals surface area (Å²) in [5.74, 6) is 0. The highest BCUT2D eigenvalue weighted by Crippen LogP contribution is 2.15. The Hall–Kier alpha value is -0.250. The van der Waals surface area contributed by atoms with Gasteiger partial charge in [-0.25, -0.2) is 4.98 Å². The van der Waals surface area contributed by atoms with Gasteiger partial charge >= 0.3 is 0 Å². The molecule has 1 rings (SSSR count). The van der Waals surface area contributed by atoms with Crippen LogP contribution in [0.5, 0.6) is 0 Å². The van der Waals surface area contributed by atoms with Gasteiger partial charge in [0.25, 0.3) is 0 Å². The summed E-state index contributed by atoms with van der Waals surface area (Å²) in [6.07, 6.45) is 3.87. The third kappa shape index (κ3) is 4.41. The minimum atomic E-state index is 0.320. The van der Waals surface area contributed by atoms with Gasteiger partial charge in [-0.1, -0.05) is 18.5 Å². The van der Waals surface area contributed by atoms with E-state index in [0.29, 0.717) is 16.4 Å². The summed E-state index contributed by atoms with van der Waals surface area (Å²) in [6.45, 7) is 5.35. The highest BCUT2D eigenvalue weighted by Gasteiger charge is 2.07. The van der Waals surface area contributed by atoms with Crippen LogP contribution in [0, 0.1) is 0 Å². The van der Waals surface area contributed by atoms with Gasteiger partial charge in [0.15, 0.2) is 0 Å². The number of aromatic nitrogens is 1. The van der Waals surface area contributed by atoms with E-state index in [1.165, 1.54) is 5.56 Å². The second kappa shape index (κ2) is 6.36. The highest BCUT2D eigenvalue weighted by molar-refractivity contribution is 7.99. The second-order valence-corrected chi connectivity index (χ2v) is 5.25. The van der Waals surface area contributed by atoms with Crippen LogP contribution in [-0.2, 0) is 0 Å². The molecule has 0 aliphatic heterocycles. The van der Waals surface area contributed by atoms with Crippen molar-refractivity contribution >= 4 is 23.4 Å². The molecule has 15 heavy (non-hydrogen) atoms. The van der Waals surface area contributed by atoms with E-state index >= 15 is 0 Å². The SMILES string of the molecule is CSC(C)CNC(C)c1ccnc(Cl)c1. The lowest BCUT2D eigenvalue weighted by molar-refractivity contribution is 0.575. The van der Waals surface area contributed by atoms with E-state index in [4.69, 9.17) is 11.6 Å². The van der Waals surface area contributed by atoms with Gasteiger partial charge in [-0.3, -0.25) is 0 Å². The fraction of sp³-hybridized carbons (Fsp3) is 0.545. The van der Waals surface area contributed by atoms with Crippen molar-refractivity contribution in [3.05, 3.63) is 29.0 Å². The maximum atomic E-state index is 5.84. The molecule has 1 heterocycles. The lowest BCUT2D eigenvalue weighted by atomic mass is 10.1. The van der Waals surface area contributed by atoms with E-state index in [9.17, 15) is 0 Å². The molecule has 0 saturated heterocycles. The van der Waals surface area contributed by atoms with Crippen molar-refractivity contribution in [2.75, 3.05) is 12.8 Å². The van der Waals surface area contributed by atoms with Gasteiger partial charge in [0.1, 0.15) is 5.15 Å². The first-order valence-electron chi connectivity index (χ1n) is 5.01. The van der Waals surface area contributed by atoms with Gasteiger partial charge in [0.05, 0.1) is 0 Å². The van der Waals surface area contributed by atoms with Crippen molar-refractivity contribution < 1.29 is 0 Å². The molecule has 1 aromatic heterocycles. The standard InChI is InChI=1S/C11H17ClN2S/c1-8(15-3)7-14-9(2)10-4-5-13-11(12)6-10/h4-6,8-9,14H,7H2,1-3H3. The Morgan fingerprint density at radius 2 is 2.27 bits per heavy atom. The van der Waals surface area contributed by atoms with Gasteiger partial charge in [-0.15, -0.1) is 0 Å². The zero-order valence-electron chi connectivity index (χ0n) is 9.33. The summed E-state index contributed by atoms with van der Waals surface area (Å²) in [5, 5.41) is 4.65. The molecular weight excluding hydrogens is 228 g/mol. The molecule has 2 unspecified atom stereocenters. The van der Waals surface area contributed by atoms with E-state index in [2.05, 4.69) is 30.4 Å². The Morgan fingerprint density at radius 1 is 1.53 bits per heavy atom. The van der Waals surface area contributed by atoms with Crippen molar-refractivity contribution in [3.63, 3.8) is 0 Å². The summed E-state index contributed by atoms with van der Waals surface area (Å²) in [5.41, 5.74) is 1.18. The number of pyridine rings is 1. The first-order valence-corrected chi connectivity index (χ1v) is 6.67. The fourth-order valence-corrected chi connectivity index (χ4v) is 1.68. The Bertz CT molecular complexity index is 306. The van der Waals surface area contributed by atoms with Crippen LogP contribution in [0.4, 0.5) is 0 Å². The van der Waals surface area contributed by atoms with Gasteiger partial charge in [0, 0.05) is 24.0 Å². The molecule has 4 heteroatoms. The number of hydrogen-bond acceptors (Lipinski definition) is 3. The number of halogens is 1. The van der Waals surface area contributed by atoms with E-state index in [1.807, 2.05) is 23.9 Å². The van der Waals surface area contributed by atoms with Crippen LogP contribution in [0.1, 0.15) is 25.5 Å². The van der Waals surface area contributed by atoms with Gasteiger partial charge in [-0.05, 0) is 30.9 Å². The van der Waals surface area contributed by atoms with Crippen molar-refractivity contribution in [1.29, 1.82) is 0 Å². The van der Waals surface area contributed by atoms with E-state index in [1.54, 1.807) is 6.20 Å². The average molecular weight is 245 g/mol. The van der Waals surface area contributed by atoms with Gasteiger partial charge in [0.2, 0.25) is 0 Å². The first kappa shape index (κ1) is 12.8. The molecule has 0 aliphatic rings.